The number of likely N-dealkylation sites (N-methyl/N-ethyl adjacent to an activating group) is 1. The maximum atomic E-state index is 12.0. The smallest absolute Gasteiger partial charge is 0.315 e. The van der Waals surface area contributed by atoms with Gasteiger partial charge >= 0.3 is 11.8 Å². The maximum Gasteiger partial charge on any atom is 0.315 e. The lowest BCUT2D eigenvalue weighted by Crippen LogP contribution is -2.36. The van der Waals surface area contributed by atoms with Gasteiger partial charge in [-0.2, -0.15) is 0 Å². The average molecular weight is 303 g/mol. The predicted octanol–water partition coefficient (Wildman–Crippen LogP) is 2.36. The molecule has 0 aliphatic carbocycles. The summed E-state index contributed by atoms with van der Waals surface area (Å²) < 4.78 is 0. The third-order valence-electron chi connectivity index (χ3n) is 3.05. The average Bonchev–Trinajstić information content (AvgIpc) is 2.77. The molecule has 2 aromatic rings. The van der Waals surface area contributed by atoms with Crippen molar-refractivity contribution in [3.63, 3.8) is 0 Å². The molecule has 2 amide bonds. The SMILES string of the molecule is Cc1nc(NC(=O)C(=O)N(C)Cc2ccccc2)sc1C. The molecule has 0 atom stereocenters. The van der Waals surface area contributed by atoms with Gasteiger partial charge in [0.15, 0.2) is 5.13 Å². The minimum atomic E-state index is -0.665. The van der Waals surface area contributed by atoms with Crippen molar-refractivity contribution in [3.05, 3.63) is 46.5 Å². The van der Waals surface area contributed by atoms with Gasteiger partial charge in [-0.15, -0.1) is 11.3 Å². The first-order valence-electron chi connectivity index (χ1n) is 6.51. The zero-order chi connectivity index (χ0) is 15.4. The van der Waals surface area contributed by atoms with Crippen molar-refractivity contribution < 1.29 is 9.59 Å². The number of carbonyl (C=O) groups is 2. The van der Waals surface area contributed by atoms with E-state index in [-0.39, 0.29) is 0 Å². The Balaban J connectivity index is 1.97. The number of aryl methyl sites for hydroxylation is 2. The summed E-state index contributed by atoms with van der Waals surface area (Å²) in [5, 5.41) is 3.00. The Labute approximate surface area is 127 Å². The van der Waals surface area contributed by atoms with E-state index in [0.717, 1.165) is 16.1 Å². The van der Waals surface area contributed by atoms with Gasteiger partial charge in [-0.25, -0.2) is 4.98 Å². The highest BCUT2D eigenvalue weighted by Gasteiger charge is 2.20. The second-order valence-corrected chi connectivity index (χ2v) is 5.96. The molecule has 5 nitrogen and oxygen atoms in total. The van der Waals surface area contributed by atoms with E-state index in [2.05, 4.69) is 10.3 Å². The topological polar surface area (TPSA) is 62.3 Å². The van der Waals surface area contributed by atoms with Gasteiger partial charge < -0.3 is 4.90 Å². The van der Waals surface area contributed by atoms with Crippen LogP contribution in [0.25, 0.3) is 0 Å². The lowest BCUT2D eigenvalue weighted by molar-refractivity contribution is -0.142. The number of hydrogen-bond acceptors (Lipinski definition) is 4. The first kappa shape index (κ1) is 15.2. The van der Waals surface area contributed by atoms with E-state index >= 15 is 0 Å². The number of anilines is 1. The Kier molecular flexibility index (Phi) is 4.70. The van der Waals surface area contributed by atoms with Crippen molar-refractivity contribution in [2.75, 3.05) is 12.4 Å². The fourth-order valence-electron chi connectivity index (χ4n) is 1.78. The zero-order valence-electron chi connectivity index (χ0n) is 12.2. The first-order valence-corrected chi connectivity index (χ1v) is 7.33. The molecule has 0 aliphatic rings. The number of nitrogens with one attached hydrogen (secondary N) is 1. The van der Waals surface area contributed by atoms with Gasteiger partial charge in [-0.05, 0) is 19.4 Å². The fraction of sp³-hybridized carbons (Fsp3) is 0.267. The largest absolute Gasteiger partial charge is 0.333 e. The molecule has 1 heterocycles. The standard InChI is InChI=1S/C15H17N3O2S/c1-10-11(2)21-15(16-10)17-13(19)14(20)18(3)9-12-7-5-4-6-8-12/h4-8H,9H2,1-3H3,(H,16,17,19). The number of thiazole rings is 1. The van der Waals surface area contributed by atoms with Gasteiger partial charge in [0.05, 0.1) is 5.69 Å². The summed E-state index contributed by atoms with van der Waals surface area (Å²) in [6.45, 7) is 4.18. The van der Waals surface area contributed by atoms with E-state index in [9.17, 15) is 9.59 Å². The Morgan fingerprint density at radius 1 is 1.24 bits per heavy atom. The molecule has 1 N–H and O–H groups in total. The number of rotatable bonds is 3. The molecular formula is C15H17N3O2S. The van der Waals surface area contributed by atoms with Crippen molar-refractivity contribution >= 4 is 28.3 Å². The molecule has 0 radical (unpaired) electrons. The minimum absolute atomic E-state index is 0.392. The highest BCUT2D eigenvalue weighted by Crippen LogP contribution is 2.21. The van der Waals surface area contributed by atoms with E-state index in [4.69, 9.17) is 0 Å². The number of hydrogen-bond donors (Lipinski definition) is 1. The van der Waals surface area contributed by atoms with E-state index in [1.165, 1.54) is 16.2 Å². The van der Waals surface area contributed by atoms with Crippen LogP contribution in [-0.2, 0) is 16.1 Å². The molecule has 2 rings (SSSR count). The molecule has 1 aromatic heterocycles. The van der Waals surface area contributed by atoms with Crippen LogP contribution in [0.3, 0.4) is 0 Å². The second-order valence-electron chi connectivity index (χ2n) is 4.76. The van der Waals surface area contributed by atoms with Crippen molar-refractivity contribution in [1.82, 2.24) is 9.88 Å². The summed E-state index contributed by atoms with van der Waals surface area (Å²) in [6.07, 6.45) is 0. The molecule has 21 heavy (non-hydrogen) atoms. The molecule has 0 fully saturated rings. The Bertz CT molecular complexity index is 633. The van der Waals surface area contributed by atoms with Crippen LogP contribution in [0.4, 0.5) is 5.13 Å². The van der Waals surface area contributed by atoms with Gasteiger partial charge in [0.25, 0.3) is 0 Å². The molecular weight excluding hydrogens is 286 g/mol. The van der Waals surface area contributed by atoms with Gasteiger partial charge in [0.2, 0.25) is 0 Å². The minimum Gasteiger partial charge on any atom is -0.333 e. The molecule has 0 aliphatic heterocycles. The molecule has 0 unspecified atom stereocenters. The number of amides is 2. The molecule has 6 heteroatoms. The highest BCUT2D eigenvalue weighted by atomic mass is 32.1. The summed E-state index contributed by atoms with van der Waals surface area (Å²) in [4.78, 5) is 30.6. The molecule has 0 saturated heterocycles. The van der Waals surface area contributed by atoms with Crippen LogP contribution < -0.4 is 5.32 Å². The van der Waals surface area contributed by atoms with Crippen LogP contribution >= 0.6 is 11.3 Å². The molecule has 1 aromatic carbocycles. The van der Waals surface area contributed by atoms with Gasteiger partial charge in [0.1, 0.15) is 0 Å². The number of benzene rings is 1. The lowest BCUT2D eigenvalue weighted by Gasteiger charge is -2.16. The third kappa shape index (κ3) is 3.88. The quantitative estimate of drug-likeness (QED) is 0.885. The second kappa shape index (κ2) is 6.49. The Hall–Kier alpha value is -2.21. The summed E-state index contributed by atoms with van der Waals surface area (Å²) in [5.74, 6) is -1.24. The normalized spacial score (nSPS) is 10.2. The van der Waals surface area contributed by atoms with E-state index in [0.29, 0.717) is 11.7 Å². The van der Waals surface area contributed by atoms with Crippen molar-refractivity contribution in [2.45, 2.75) is 20.4 Å². The molecule has 0 saturated carbocycles. The first-order chi connectivity index (χ1) is 9.97. The Morgan fingerprint density at radius 3 is 2.48 bits per heavy atom. The summed E-state index contributed by atoms with van der Waals surface area (Å²) in [6, 6.07) is 9.53. The lowest BCUT2D eigenvalue weighted by atomic mass is 10.2. The summed E-state index contributed by atoms with van der Waals surface area (Å²) in [7, 11) is 1.60. The van der Waals surface area contributed by atoms with Crippen LogP contribution in [-0.4, -0.2) is 28.7 Å². The van der Waals surface area contributed by atoms with Crippen LogP contribution in [0.5, 0.6) is 0 Å². The molecule has 110 valence electrons. The Morgan fingerprint density at radius 2 is 1.90 bits per heavy atom. The monoisotopic (exact) mass is 303 g/mol. The number of nitrogens with zero attached hydrogens (tertiary/aromatic N) is 2. The number of aromatic nitrogens is 1. The number of carbonyl (C=O) groups excluding carboxylic acids is 2. The third-order valence-corrected chi connectivity index (χ3v) is 4.04. The van der Waals surface area contributed by atoms with E-state index < -0.39 is 11.8 Å². The molecule has 0 bridgehead atoms. The maximum absolute atomic E-state index is 12.0. The van der Waals surface area contributed by atoms with E-state index in [1.54, 1.807) is 7.05 Å². The predicted molar refractivity (Wildman–Crippen MR) is 83.1 cm³/mol. The molecule has 0 spiro atoms. The summed E-state index contributed by atoms with van der Waals surface area (Å²) in [5.41, 5.74) is 1.84. The summed E-state index contributed by atoms with van der Waals surface area (Å²) >= 11 is 1.36. The van der Waals surface area contributed by atoms with Crippen LogP contribution in [0.1, 0.15) is 16.1 Å². The van der Waals surface area contributed by atoms with Gasteiger partial charge in [0, 0.05) is 18.5 Å². The van der Waals surface area contributed by atoms with Crippen LogP contribution in [0, 0.1) is 13.8 Å². The van der Waals surface area contributed by atoms with Crippen molar-refractivity contribution in [1.29, 1.82) is 0 Å². The zero-order valence-corrected chi connectivity index (χ0v) is 13.0. The highest BCUT2D eigenvalue weighted by molar-refractivity contribution is 7.15. The van der Waals surface area contributed by atoms with Gasteiger partial charge in [-0.1, -0.05) is 30.3 Å². The fourth-order valence-corrected chi connectivity index (χ4v) is 2.59. The van der Waals surface area contributed by atoms with Crippen molar-refractivity contribution in [2.24, 2.45) is 0 Å². The van der Waals surface area contributed by atoms with Crippen molar-refractivity contribution in [3.8, 4) is 0 Å². The van der Waals surface area contributed by atoms with Crippen LogP contribution in [0.2, 0.25) is 0 Å². The van der Waals surface area contributed by atoms with E-state index in [1.807, 2.05) is 44.2 Å². The van der Waals surface area contributed by atoms with Crippen LogP contribution in [0.15, 0.2) is 30.3 Å². The van der Waals surface area contributed by atoms with Gasteiger partial charge in [-0.3, -0.25) is 14.9 Å².